The highest BCUT2D eigenvalue weighted by Gasteiger charge is 2.15. The maximum absolute atomic E-state index is 11.4. The first kappa shape index (κ1) is 10.7. The van der Waals surface area contributed by atoms with Gasteiger partial charge in [0.1, 0.15) is 0 Å². The fourth-order valence-electron chi connectivity index (χ4n) is 1.81. The number of amides is 1. The number of hydrogen-bond acceptors (Lipinski definition) is 3. The van der Waals surface area contributed by atoms with Crippen LogP contribution in [0.1, 0.15) is 28.8 Å². The van der Waals surface area contributed by atoms with E-state index in [2.05, 4.69) is 10.1 Å². The van der Waals surface area contributed by atoms with Gasteiger partial charge in [-0.05, 0) is 30.5 Å². The fraction of sp³-hybridized carbons (Fsp3) is 0.333. The second-order valence-corrected chi connectivity index (χ2v) is 3.77. The van der Waals surface area contributed by atoms with E-state index in [4.69, 9.17) is 0 Å². The zero-order chi connectivity index (χ0) is 11.5. The van der Waals surface area contributed by atoms with Crippen molar-refractivity contribution in [2.75, 3.05) is 12.4 Å². The Kier molecular flexibility index (Phi) is 2.90. The van der Waals surface area contributed by atoms with Gasteiger partial charge in [-0.2, -0.15) is 0 Å². The molecule has 1 aromatic rings. The third-order valence-electron chi connectivity index (χ3n) is 2.66. The molecule has 1 heterocycles. The molecule has 0 fully saturated rings. The number of aryl methyl sites for hydroxylation is 1. The Labute approximate surface area is 93.6 Å². The van der Waals surface area contributed by atoms with E-state index < -0.39 is 0 Å². The number of benzene rings is 1. The predicted octanol–water partition coefficient (Wildman–Crippen LogP) is 1.75. The minimum absolute atomic E-state index is 0.000709. The lowest BCUT2D eigenvalue weighted by Crippen LogP contribution is -2.10. The number of fused-ring (bicyclic) bond motifs is 1. The summed E-state index contributed by atoms with van der Waals surface area (Å²) in [6, 6.07) is 5.26. The van der Waals surface area contributed by atoms with Crippen LogP contribution < -0.4 is 5.32 Å². The molecule has 1 aromatic carbocycles. The molecule has 0 spiro atoms. The number of ether oxygens (including phenoxy) is 1. The molecule has 0 bridgehead atoms. The number of esters is 1. The van der Waals surface area contributed by atoms with Gasteiger partial charge < -0.3 is 10.1 Å². The van der Waals surface area contributed by atoms with Crippen LogP contribution in [0.5, 0.6) is 0 Å². The molecular formula is C12H13NO3. The molecule has 4 heteroatoms. The van der Waals surface area contributed by atoms with Gasteiger partial charge in [-0.15, -0.1) is 0 Å². The lowest BCUT2D eigenvalue weighted by molar-refractivity contribution is -0.116. The maximum atomic E-state index is 11.4. The van der Waals surface area contributed by atoms with Crippen LogP contribution in [0, 0.1) is 0 Å². The number of anilines is 1. The molecule has 1 aliphatic rings. The number of nitrogens with one attached hydrogen (secondary N) is 1. The van der Waals surface area contributed by atoms with Gasteiger partial charge in [-0.25, -0.2) is 4.79 Å². The molecule has 1 amide bonds. The Bertz CT molecular complexity index is 440. The molecule has 84 valence electrons. The second-order valence-electron chi connectivity index (χ2n) is 3.77. The van der Waals surface area contributed by atoms with Gasteiger partial charge in [0.25, 0.3) is 0 Å². The van der Waals surface area contributed by atoms with E-state index in [1.54, 1.807) is 12.1 Å². The highest BCUT2D eigenvalue weighted by Crippen LogP contribution is 2.23. The first-order valence-electron chi connectivity index (χ1n) is 5.22. The van der Waals surface area contributed by atoms with Crippen LogP contribution in [0.2, 0.25) is 0 Å². The van der Waals surface area contributed by atoms with Gasteiger partial charge in [0.05, 0.1) is 12.7 Å². The van der Waals surface area contributed by atoms with Crippen LogP contribution in [-0.2, 0) is 16.0 Å². The molecule has 2 rings (SSSR count). The SMILES string of the molecule is COC(=O)c1ccc2c(c1)NC(=O)CCC2. The number of carbonyl (C=O) groups is 2. The van der Waals surface area contributed by atoms with Crippen molar-refractivity contribution in [2.24, 2.45) is 0 Å². The van der Waals surface area contributed by atoms with E-state index in [1.165, 1.54) is 7.11 Å². The van der Waals surface area contributed by atoms with Gasteiger partial charge in [0.2, 0.25) is 5.91 Å². The maximum Gasteiger partial charge on any atom is 0.337 e. The van der Waals surface area contributed by atoms with E-state index in [9.17, 15) is 9.59 Å². The van der Waals surface area contributed by atoms with E-state index in [-0.39, 0.29) is 11.9 Å². The Balaban J connectivity index is 2.36. The molecule has 0 aromatic heterocycles. The number of methoxy groups -OCH3 is 1. The quantitative estimate of drug-likeness (QED) is 0.732. The zero-order valence-corrected chi connectivity index (χ0v) is 9.08. The lowest BCUT2D eigenvalue weighted by Gasteiger charge is -2.08. The van der Waals surface area contributed by atoms with Gasteiger partial charge in [0, 0.05) is 12.1 Å². The Morgan fingerprint density at radius 2 is 2.19 bits per heavy atom. The largest absolute Gasteiger partial charge is 0.465 e. The number of rotatable bonds is 1. The highest BCUT2D eigenvalue weighted by molar-refractivity contribution is 5.95. The minimum atomic E-state index is -0.388. The predicted molar refractivity (Wildman–Crippen MR) is 59.3 cm³/mol. The van der Waals surface area contributed by atoms with Crippen LogP contribution in [0.3, 0.4) is 0 Å². The van der Waals surface area contributed by atoms with Crippen LogP contribution >= 0.6 is 0 Å². The highest BCUT2D eigenvalue weighted by atomic mass is 16.5. The molecule has 0 saturated carbocycles. The molecule has 1 aliphatic heterocycles. The summed E-state index contributed by atoms with van der Waals surface area (Å²) in [5, 5.41) is 2.80. The van der Waals surface area contributed by atoms with E-state index in [0.717, 1.165) is 24.1 Å². The third-order valence-corrected chi connectivity index (χ3v) is 2.66. The average Bonchev–Trinajstić information content (AvgIpc) is 2.47. The van der Waals surface area contributed by atoms with Crippen molar-refractivity contribution in [3.63, 3.8) is 0 Å². The molecule has 16 heavy (non-hydrogen) atoms. The van der Waals surface area contributed by atoms with Gasteiger partial charge in [0.15, 0.2) is 0 Å². The van der Waals surface area contributed by atoms with Crippen molar-refractivity contribution in [3.8, 4) is 0 Å². The average molecular weight is 219 g/mol. The third kappa shape index (κ3) is 2.05. The molecular weight excluding hydrogens is 206 g/mol. The van der Waals surface area contributed by atoms with Crippen molar-refractivity contribution >= 4 is 17.6 Å². The Hall–Kier alpha value is -1.84. The molecule has 1 N–H and O–H groups in total. The van der Waals surface area contributed by atoms with Crippen molar-refractivity contribution in [1.29, 1.82) is 0 Å². The van der Waals surface area contributed by atoms with Crippen molar-refractivity contribution in [2.45, 2.75) is 19.3 Å². The fourth-order valence-corrected chi connectivity index (χ4v) is 1.81. The molecule has 0 saturated heterocycles. The molecule has 4 nitrogen and oxygen atoms in total. The summed E-state index contributed by atoms with van der Waals surface area (Å²) in [5.41, 5.74) is 2.26. The zero-order valence-electron chi connectivity index (χ0n) is 9.08. The normalized spacial score (nSPS) is 14.7. The van der Waals surface area contributed by atoms with Crippen LogP contribution in [0.15, 0.2) is 18.2 Å². The summed E-state index contributed by atoms with van der Waals surface area (Å²) in [7, 11) is 1.34. The number of hydrogen-bond donors (Lipinski definition) is 1. The second kappa shape index (κ2) is 4.35. The standard InChI is InChI=1S/C12H13NO3/c1-16-12(15)9-6-5-8-3-2-4-11(14)13-10(8)7-9/h5-7H,2-4H2,1H3,(H,13,14). The molecule has 0 aliphatic carbocycles. The van der Waals surface area contributed by atoms with Crippen molar-refractivity contribution < 1.29 is 14.3 Å². The smallest absolute Gasteiger partial charge is 0.337 e. The number of carbonyl (C=O) groups excluding carboxylic acids is 2. The summed E-state index contributed by atoms with van der Waals surface area (Å²) >= 11 is 0. The van der Waals surface area contributed by atoms with Gasteiger partial charge in [-0.3, -0.25) is 4.79 Å². The summed E-state index contributed by atoms with van der Waals surface area (Å²) in [4.78, 5) is 22.7. The summed E-state index contributed by atoms with van der Waals surface area (Å²) < 4.78 is 4.63. The summed E-state index contributed by atoms with van der Waals surface area (Å²) in [5.74, 6) is -0.387. The van der Waals surface area contributed by atoms with E-state index in [0.29, 0.717) is 12.0 Å². The first-order valence-corrected chi connectivity index (χ1v) is 5.22. The molecule has 0 radical (unpaired) electrons. The van der Waals surface area contributed by atoms with E-state index >= 15 is 0 Å². The first-order chi connectivity index (χ1) is 7.70. The van der Waals surface area contributed by atoms with E-state index in [1.807, 2.05) is 6.07 Å². The van der Waals surface area contributed by atoms with Gasteiger partial charge in [-0.1, -0.05) is 6.07 Å². The monoisotopic (exact) mass is 219 g/mol. The summed E-state index contributed by atoms with van der Waals surface area (Å²) in [6.45, 7) is 0. The van der Waals surface area contributed by atoms with Crippen molar-refractivity contribution in [3.05, 3.63) is 29.3 Å². The Morgan fingerprint density at radius 3 is 2.94 bits per heavy atom. The summed E-state index contributed by atoms with van der Waals surface area (Å²) in [6.07, 6.45) is 2.23. The lowest BCUT2D eigenvalue weighted by atomic mass is 10.1. The van der Waals surface area contributed by atoms with Crippen molar-refractivity contribution in [1.82, 2.24) is 0 Å². The topological polar surface area (TPSA) is 55.4 Å². The Morgan fingerprint density at radius 1 is 1.38 bits per heavy atom. The van der Waals surface area contributed by atoms with Crippen LogP contribution in [-0.4, -0.2) is 19.0 Å². The molecule has 0 unspecified atom stereocenters. The van der Waals surface area contributed by atoms with Gasteiger partial charge >= 0.3 is 5.97 Å². The van der Waals surface area contributed by atoms with Crippen LogP contribution in [0.25, 0.3) is 0 Å². The molecule has 0 atom stereocenters. The minimum Gasteiger partial charge on any atom is -0.465 e. The van der Waals surface area contributed by atoms with Crippen LogP contribution in [0.4, 0.5) is 5.69 Å².